The summed E-state index contributed by atoms with van der Waals surface area (Å²) in [5.74, 6) is 0.800. The lowest BCUT2D eigenvalue weighted by molar-refractivity contribution is 0.00578. The van der Waals surface area contributed by atoms with Gasteiger partial charge in [-0.3, -0.25) is 0 Å². The van der Waals surface area contributed by atoms with Gasteiger partial charge in [-0.15, -0.1) is 0 Å². The monoisotopic (exact) mass is 421 g/mol. The Morgan fingerprint density at radius 2 is 1.53 bits per heavy atom. The number of carbonyl (C=O) groups excluding carboxylic acids is 1. The van der Waals surface area contributed by atoms with Gasteiger partial charge in [0.25, 0.3) is 0 Å². The lowest BCUT2D eigenvalue weighted by atomic mass is 9.59. The Labute approximate surface area is 184 Å². The zero-order valence-electron chi connectivity index (χ0n) is 20.5. The van der Waals surface area contributed by atoms with Crippen molar-refractivity contribution in [2.24, 2.45) is 11.3 Å². The Hall–Kier alpha value is -0.745. The fourth-order valence-corrected chi connectivity index (χ4v) is 5.39. The van der Waals surface area contributed by atoms with E-state index < -0.39 is 5.60 Å². The summed E-state index contributed by atoms with van der Waals surface area (Å²) in [5, 5.41) is 0. The first-order chi connectivity index (χ1) is 13.8. The van der Waals surface area contributed by atoms with Crippen molar-refractivity contribution in [3.8, 4) is 0 Å². The zero-order valence-corrected chi connectivity index (χ0v) is 20.5. The van der Waals surface area contributed by atoms with E-state index in [9.17, 15) is 4.79 Å². The molecule has 0 aromatic heterocycles. The molecule has 3 fully saturated rings. The third-order valence-electron chi connectivity index (χ3n) is 7.82. The minimum atomic E-state index is -0.448. The molecule has 3 aliphatic rings. The lowest BCUT2D eigenvalue weighted by Gasteiger charge is -2.44. The molecule has 0 spiro atoms. The molecule has 1 amide bonds. The molecular weight excluding hydrogens is 377 g/mol. The van der Waals surface area contributed by atoms with E-state index in [1.54, 1.807) is 0 Å². The highest BCUT2D eigenvalue weighted by Gasteiger charge is 2.54. The molecule has 0 atom stereocenters. The van der Waals surface area contributed by atoms with E-state index in [1.807, 2.05) is 25.7 Å². The highest BCUT2D eigenvalue weighted by Crippen LogP contribution is 2.48. The molecular formula is C24H44BNO4. The molecule has 2 aliphatic heterocycles. The normalized spacial score (nSPS) is 26.6. The van der Waals surface area contributed by atoms with Crippen molar-refractivity contribution >= 4 is 13.2 Å². The molecule has 0 aromatic rings. The zero-order chi connectivity index (χ0) is 22.2. The Bertz CT molecular complexity index is 583. The second kappa shape index (κ2) is 8.65. The number of ether oxygens (including phenoxy) is 1. The first kappa shape index (κ1) is 23.9. The van der Waals surface area contributed by atoms with Gasteiger partial charge in [0.05, 0.1) is 11.2 Å². The Balaban J connectivity index is 1.68. The molecule has 0 bridgehead atoms. The van der Waals surface area contributed by atoms with Crippen molar-refractivity contribution in [1.82, 2.24) is 4.90 Å². The quantitative estimate of drug-likeness (QED) is 0.517. The molecule has 1 saturated carbocycles. The van der Waals surface area contributed by atoms with Crippen LogP contribution in [-0.4, -0.2) is 48.0 Å². The van der Waals surface area contributed by atoms with Crippen molar-refractivity contribution in [2.75, 3.05) is 13.1 Å². The van der Waals surface area contributed by atoms with Gasteiger partial charge in [0, 0.05) is 13.1 Å². The third-order valence-corrected chi connectivity index (χ3v) is 7.82. The molecule has 172 valence electrons. The Morgan fingerprint density at radius 3 is 2.03 bits per heavy atom. The van der Waals surface area contributed by atoms with Gasteiger partial charge >= 0.3 is 13.2 Å². The maximum absolute atomic E-state index is 12.6. The van der Waals surface area contributed by atoms with Crippen molar-refractivity contribution in [3.63, 3.8) is 0 Å². The second-order valence-corrected chi connectivity index (χ2v) is 12.1. The standard InChI is InChI=1S/C24H44BNO4/c1-21(2,3)28-20(27)26-15-13-24(14-16-26,17-19-11-9-8-10-12-19)18-25-29-22(4,5)23(6,7)30-25/h19H,8-18H2,1-7H3. The number of hydrogen-bond acceptors (Lipinski definition) is 4. The van der Waals surface area contributed by atoms with Gasteiger partial charge in [-0.2, -0.15) is 0 Å². The van der Waals surface area contributed by atoms with E-state index in [-0.39, 0.29) is 29.8 Å². The summed E-state index contributed by atoms with van der Waals surface area (Å²) in [4.78, 5) is 14.5. The minimum absolute atomic E-state index is 0.160. The number of carbonyl (C=O) groups is 1. The summed E-state index contributed by atoms with van der Waals surface area (Å²) in [6.45, 7) is 15.8. The van der Waals surface area contributed by atoms with Crippen LogP contribution in [0.5, 0.6) is 0 Å². The van der Waals surface area contributed by atoms with E-state index in [0.29, 0.717) is 0 Å². The van der Waals surface area contributed by atoms with Crippen LogP contribution in [0.25, 0.3) is 0 Å². The predicted octanol–water partition coefficient (Wildman–Crippen LogP) is 6.07. The molecule has 0 unspecified atom stereocenters. The van der Waals surface area contributed by atoms with Crippen molar-refractivity contribution in [2.45, 2.75) is 123 Å². The first-order valence-corrected chi connectivity index (χ1v) is 12.1. The predicted molar refractivity (Wildman–Crippen MR) is 122 cm³/mol. The van der Waals surface area contributed by atoms with E-state index in [1.165, 1.54) is 38.5 Å². The maximum atomic E-state index is 12.6. The van der Waals surface area contributed by atoms with Crippen molar-refractivity contribution in [1.29, 1.82) is 0 Å². The van der Waals surface area contributed by atoms with Crippen molar-refractivity contribution < 1.29 is 18.8 Å². The van der Waals surface area contributed by atoms with Crippen molar-refractivity contribution in [3.05, 3.63) is 0 Å². The number of likely N-dealkylation sites (tertiary alicyclic amines) is 1. The molecule has 6 heteroatoms. The van der Waals surface area contributed by atoms with Gasteiger partial charge in [0.1, 0.15) is 5.60 Å². The number of amides is 1. The average Bonchev–Trinajstić information content (AvgIpc) is 2.81. The molecule has 1 aliphatic carbocycles. The molecule has 0 radical (unpaired) electrons. The smallest absolute Gasteiger partial charge is 0.444 e. The average molecular weight is 421 g/mol. The highest BCUT2D eigenvalue weighted by atomic mass is 16.7. The summed E-state index contributed by atoms with van der Waals surface area (Å²) in [5.41, 5.74) is -0.847. The van der Waals surface area contributed by atoms with E-state index in [2.05, 4.69) is 27.7 Å². The van der Waals surface area contributed by atoms with Gasteiger partial charge < -0.3 is 18.9 Å². The molecule has 30 heavy (non-hydrogen) atoms. The van der Waals surface area contributed by atoms with Crippen LogP contribution in [0.3, 0.4) is 0 Å². The molecule has 5 nitrogen and oxygen atoms in total. The fraction of sp³-hybridized carbons (Fsp3) is 0.958. The summed E-state index contributed by atoms with van der Waals surface area (Å²) in [6, 6.07) is 0. The molecule has 2 heterocycles. The van der Waals surface area contributed by atoms with Crippen LogP contribution in [-0.2, 0) is 14.0 Å². The van der Waals surface area contributed by atoms with Crippen LogP contribution >= 0.6 is 0 Å². The summed E-state index contributed by atoms with van der Waals surface area (Å²) in [6.07, 6.45) is 10.8. The van der Waals surface area contributed by atoms with E-state index in [0.717, 1.165) is 38.2 Å². The van der Waals surface area contributed by atoms with Crippen LogP contribution in [0.15, 0.2) is 0 Å². The highest BCUT2D eigenvalue weighted by molar-refractivity contribution is 6.45. The minimum Gasteiger partial charge on any atom is -0.444 e. The maximum Gasteiger partial charge on any atom is 0.458 e. The summed E-state index contributed by atoms with van der Waals surface area (Å²) >= 11 is 0. The molecule has 0 N–H and O–H groups in total. The van der Waals surface area contributed by atoms with E-state index >= 15 is 0 Å². The molecule has 2 saturated heterocycles. The molecule has 0 aromatic carbocycles. The fourth-order valence-electron chi connectivity index (χ4n) is 5.39. The first-order valence-electron chi connectivity index (χ1n) is 12.1. The van der Waals surface area contributed by atoms with Crippen LogP contribution in [0.4, 0.5) is 4.79 Å². The Kier molecular flexibility index (Phi) is 6.89. The van der Waals surface area contributed by atoms with Crippen LogP contribution in [0.1, 0.15) is 99.8 Å². The van der Waals surface area contributed by atoms with E-state index in [4.69, 9.17) is 14.0 Å². The van der Waals surface area contributed by atoms with Crippen LogP contribution in [0, 0.1) is 11.3 Å². The summed E-state index contributed by atoms with van der Waals surface area (Å²) < 4.78 is 18.4. The number of nitrogens with zero attached hydrogens (tertiary/aromatic N) is 1. The third kappa shape index (κ3) is 5.73. The Morgan fingerprint density at radius 1 is 1.00 bits per heavy atom. The van der Waals surface area contributed by atoms with Crippen LogP contribution < -0.4 is 0 Å². The topological polar surface area (TPSA) is 48.0 Å². The largest absolute Gasteiger partial charge is 0.458 e. The second-order valence-electron chi connectivity index (χ2n) is 12.1. The molecule has 3 rings (SSSR count). The van der Waals surface area contributed by atoms with Gasteiger partial charge in [-0.25, -0.2) is 4.79 Å². The lowest BCUT2D eigenvalue weighted by Crippen LogP contribution is -2.47. The number of rotatable bonds is 4. The number of hydrogen-bond donors (Lipinski definition) is 0. The van der Waals surface area contributed by atoms with Gasteiger partial charge in [-0.1, -0.05) is 32.1 Å². The number of piperidine rings is 1. The SMILES string of the molecule is CC(C)(C)OC(=O)N1CCC(CB2OC(C)(C)C(C)(C)O2)(CC2CCCCC2)CC1. The van der Waals surface area contributed by atoms with Gasteiger partial charge in [0.2, 0.25) is 0 Å². The van der Waals surface area contributed by atoms with Crippen LogP contribution in [0.2, 0.25) is 6.32 Å². The summed E-state index contributed by atoms with van der Waals surface area (Å²) in [7, 11) is -0.160. The van der Waals surface area contributed by atoms with Gasteiger partial charge in [0.15, 0.2) is 0 Å². The van der Waals surface area contributed by atoms with Gasteiger partial charge in [-0.05, 0) is 85.4 Å².